The molecule has 0 spiro atoms. The van der Waals surface area contributed by atoms with E-state index >= 15 is 0 Å². The van der Waals surface area contributed by atoms with Gasteiger partial charge in [0.15, 0.2) is 0 Å². The van der Waals surface area contributed by atoms with Gasteiger partial charge in [0.05, 0.1) is 17.2 Å². The van der Waals surface area contributed by atoms with Crippen LogP contribution in [0, 0.1) is 0 Å². The van der Waals surface area contributed by atoms with Crippen molar-refractivity contribution in [2.75, 3.05) is 6.54 Å². The molecule has 0 saturated carbocycles. The minimum Gasteiger partial charge on any atom is -0.309 e. The van der Waals surface area contributed by atoms with Crippen molar-refractivity contribution in [2.45, 2.75) is 19.4 Å². The maximum absolute atomic E-state index is 6.21. The molecule has 1 N–H and O–H groups in total. The number of benzene rings is 1. The minimum absolute atomic E-state index is 0.194. The summed E-state index contributed by atoms with van der Waals surface area (Å²) in [6.07, 6.45) is 0.813. The molecule has 1 unspecified atom stereocenters. The molecule has 0 saturated heterocycles. The number of aromatic nitrogens is 1. The van der Waals surface area contributed by atoms with E-state index in [-0.39, 0.29) is 6.04 Å². The Kier molecular flexibility index (Phi) is 5.01. The summed E-state index contributed by atoms with van der Waals surface area (Å²) in [5, 5.41) is 6.87. The molecule has 1 aromatic carbocycles. The van der Waals surface area contributed by atoms with E-state index < -0.39 is 0 Å². The van der Waals surface area contributed by atoms with Gasteiger partial charge in [-0.15, -0.1) is 11.3 Å². The molecule has 1 aromatic heterocycles. The molecule has 2 rings (SSSR count). The molecule has 5 heteroatoms. The molecule has 0 aliphatic heterocycles. The van der Waals surface area contributed by atoms with Crippen LogP contribution in [-0.2, 0) is 6.42 Å². The smallest absolute Gasteiger partial charge is 0.0795 e. The molecule has 2 nitrogen and oxygen atoms in total. The van der Waals surface area contributed by atoms with Crippen LogP contribution >= 0.6 is 34.5 Å². The summed E-state index contributed by atoms with van der Waals surface area (Å²) in [7, 11) is 0. The van der Waals surface area contributed by atoms with Gasteiger partial charge in [-0.05, 0) is 30.7 Å². The standard InChI is InChI=1S/C13H14Cl2N2S/c1-2-16-12(13-7-18-8-17-13)5-9-3-4-10(14)6-11(9)15/h3-4,6-8,12,16H,2,5H2,1H3. The zero-order valence-electron chi connectivity index (χ0n) is 9.99. The first-order valence-electron chi connectivity index (χ1n) is 5.76. The van der Waals surface area contributed by atoms with Crippen molar-refractivity contribution in [1.82, 2.24) is 10.3 Å². The number of nitrogens with zero attached hydrogens (tertiary/aromatic N) is 1. The summed E-state index contributed by atoms with van der Waals surface area (Å²) in [5.74, 6) is 0. The molecule has 0 radical (unpaired) electrons. The van der Waals surface area contributed by atoms with Crippen LogP contribution in [0.25, 0.3) is 0 Å². The summed E-state index contributed by atoms with van der Waals surface area (Å²) in [6, 6.07) is 5.82. The Morgan fingerprint density at radius 2 is 2.22 bits per heavy atom. The van der Waals surface area contributed by atoms with E-state index in [4.69, 9.17) is 23.2 Å². The van der Waals surface area contributed by atoms with Crippen molar-refractivity contribution in [2.24, 2.45) is 0 Å². The molecular weight excluding hydrogens is 287 g/mol. The first-order valence-corrected chi connectivity index (χ1v) is 7.46. The number of hydrogen-bond donors (Lipinski definition) is 1. The van der Waals surface area contributed by atoms with E-state index in [1.807, 2.05) is 17.6 Å². The number of halogens is 2. The first kappa shape index (κ1) is 13.8. The fourth-order valence-corrected chi connectivity index (χ4v) is 2.92. The third kappa shape index (κ3) is 3.45. The van der Waals surface area contributed by atoms with Gasteiger partial charge in [0.1, 0.15) is 0 Å². The Labute approximate surface area is 121 Å². The molecule has 0 aliphatic carbocycles. The van der Waals surface area contributed by atoms with Gasteiger partial charge in [-0.1, -0.05) is 36.2 Å². The predicted octanol–water partition coefficient (Wildman–Crippen LogP) is 4.34. The van der Waals surface area contributed by atoms with Gasteiger partial charge >= 0.3 is 0 Å². The average molecular weight is 301 g/mol. The van der Waals surface area contributed by atoms with Gasteiger partial charge in [-0.25, -0.2) is 4.98 Å². The zero-order chi connectivity index (χ0) is 13.0. The maximum Gasteiger partial charge on any atom is 0.0795 e. The molecule has 2 aromatic rings. The number of nitrogens with one attached hydrogen (secondary N) is 1. The van der Waals surface area contributed by atoms with Crippen LogP contribution < -0.4 is 5.32 Å². The monoisotopic (exact) mass is 300 g/mol. The maximum atomic E-state index is 6.21. The number of hydrogen-bond acceptors (Lipinski definition) is 3. The molecule has 1 atom stereocenters. The Bertz CT molecular complexity index is 500. The molecule has 0 bridgehead atoms. The highest BCUT2D eigenvalue weighted by molar-refractivity contribution is 7.07. The van der Waals surface area contributed by atoms with Gasteiger partial charge in [-0.2, -0.15) is 0 Å². The Balaban J connectivity index is 2.18. The summed E-state index contributed by atoms with van der Waals surface area (Å²) >= 11 is 13.7. The highest BCUT2D eigenvalue weighted by Gasteiger charge is 2.14. The van der Waals surface area contributed by atoms with Crippen LogP contribution in [0.15, 0.2) is 29.1 Å². The van der Waals surface area contributed by atoms with E-state index in [2.05, 4.69) is 22.6 Å². The van der Waals surface area contributed by atoms with Crippen molar-refractivity contribution in [3.8, 4) is 0 Å². The minimum atomic E-state index is 0.194. The predicted molar refractivity (Wildman–Crippen MR) is 78.7 cm³/mol. The van der Waals surface area contributed by atoms with E-state index in [1.54, 1.807) is 17.4 Å². The lowest BCUT2D eigenvalue weighted by molar-refractivity contribution is 0.539. The number of thiazole rings is 1. The van der Waals surface area contributed by atoms with Crippen LogP contribution in [0.3, 0.4) is 0 Å². The topological polar surface area (TPSA) is 24.9 Å². The lowest BCUT2D eigenvalue weighted by atomic mass is 10.0. The Morgan fingerprint density at radius 3 is 2.83 bits per heavy atom. The molecular formula is C13H14Cl2N2S. The highest BCUT2D eigenvalue weighted by Crippen LogP contribution is 2.26. The van der Waals surface area contributed by atoms with Gasteiger partial charge in [0.2, 0.25) is 0 Å². The van der Waals surface area contributed by atoms with Crippen LogP contribution in [-0.4, -0.2) is 11.5 Å². The fraction of sp³-hybridized carbons (Fsp3) is 0.308. The normalized spacial score (nSPS) is 12.6. The van der Waals surface area contributed by atoms with Crippen molar-refractivity contribution in [3.63, 3.8) is 0 Å². The highest BCUT2D eigenvalue weighted by atomic mass is 35.5. The molecule has 18 heavy (non-hydrogen) atoms. The third-order valence-corrected chi connectivity index (χ3v) is 3.89. The van der Waals surface area contributed by atoms with Gasteiger partial charge < -0.3 is 5.32 Å². The summed E-state index contributed by atoms with van der Waals surface area (Å²) in [4.78, 5) is 4.37. The second kappa shape index (κ2) is 6.53. The van der Waals surface area contributed by atoms with Crippen molar-refractivity contribution in [1.29, 1.82) is 0 Å². The third-order valence-electron chi connectivity index (χ3n) is 2.70. The Hall–Kier alpha value is -0.610. The second-order valence-corrected chi connectivity index (χ2v) is 5.53. The van der Waals surface area contributed by atoms with Crippen LogP contribution in [0.4, 0.5) is 0 Å². The quantitative estimate of drug-likeness (QED) is 0.888. The lowest BCUT2D eigenvalue weighted by Gasteiger charge is -2.16. The average Bonchev–Trinajstić information content (AvgIpc) is 2.85. The van der Waals surface area contributed by atoms with E-state index in [0.717, 1.165) is 24.2 Å². The van der Waals surface area contributed by atoms with Crippen LogP contribution in [0.1, 0.15) is 24.2 Å². The number of likely N-dealkylation sites (N-methyl/N-ethyl adjacent to an activating group) is 1. The van der Waals surface area contributed by atoms with Gasteiger partial charge in [0.25, 0.3) is 0 Å². The largest absolute Gasteiger partial charge is 0.309 e. The second-order valence-electron chi connectivity index (χ2n) is 3.96. The zero-order valence-corrected chi connectivity index (χ0v) is 12.3. The SMILES string of the molecule is CCNC(Cc1ccc(Cl)cc1Cl)c1cscn1. The van der Waals surface area contributed by atoms with Crippen LogP contribution in [0.5, 0.6) is 0 Å². The molecule has 0 amide bonds. The fourth-order valence-electron chi connectivity index (χ4n) is 1.83. The summed E-state index contributed by atoms with van der Waals surface area (Å²) < 4.78 is 0. The molecule has 96 valence electrons. The van der Waals surface area contributed by atoms with Crippen molar-refractivity contribution in [3.05, 3.63) is 50.4 Å². The number of rotatable bonds is 5. The van der Waals surface area contributed by atoms with E-state index in [1.165, 1.54) is 0 Å². The van der Waals surface area contributed by atoms with Gasteiger partial charge in [-0.3, -0.25) is 0 Å². The van der Waals surface area contributed by atoms with E-state index in [9.17, 15) is 0 Å². The van der Waals surface area contributed by atoms with Crippen LogP contribution in [0.2, 0.25) is 10.0 Å². The van der Waals surface area contributed by atoms with Crippen molar-refractivity contribution >= 4 is 34.5 Å². The first-order chi connectivity index (χ1) is 8.70. The van der Waals surface area contributed by atoms with E-state index in [0.29, 0.717) is 10.0 Å². The summed E-state index contributed by atoms with van der Waals surface area (Å²) in [5.41, 5.74) is 4.00. The Morgan fingerprint density at radius 1 is 1.39 bits per heavy atom. The summed E-state index contributed by atoms with van der Waals surface area (Å²) in [6.45, 7) is 2.98. The van der Waals surface area contributed by atoms with Gasteiger partial charge in [0, 0.05) is 15.4 Å². The molecule has 0 fully saturated rings. The molecule has 0 aliphatic rings. The lowest BCUT2D eigenvalue weighted by Crippen LogP contribution is -2.23. The van der Waals surface area contributed by atoms with Crippen molar-refractivity contribution < 1.29 is 0 Å². The molecule has 1 heterocycles.